The highest BCUT2D eigenvalue weighted by molar-refractivity contribution is 7.12. The average molecular weight is 437 g/mol. The lowest BCUT2D eigenvalue weighted by Crippen LogP contribution is -2.50. The van der Waals surface area contributed by atoms with Gasteiger partial charge in [-0.3, -0.25) is 14.3 Å². The van der Waals surface area contributed by atoms with Crippen LogP contribution in [0.4, 0.5) is 0 Å². The highest BCUT2D eigenvalue weighted by atomic mass is 32.1. The number of rotatable bonds is 7. The van der Waals surface area contributed by atoms with E-state index in [1.165, 1.54) is 22.6 Å². The average Bonchev–Trinajstić information content (AvgIpc) is 3.44. The third-order valence-electron chi connectivity index (χ3n) is 5.74. The first kappa shape index (κ1) is 21.3. The molecule has 3 aromatic rings. The first-order valence-electron chi connectivity index (χ1n) is 10.8. The predicted molar refractivity (Wildman–Crippen MR) is 122 cm³/mol. The van der Waals surface area contributed by atoms with Crippen molar-refractivity contribution in [2.45, 2.75) is 51.7 Å². The molecule has 6 nitrogen and oxygen atoms in total. The van der Waals surface area contributed by atoms with Crippen molar-refractivity contribution in [3.8, 4) is 0 Å². The molecule has 1 aromatic carbocycles. The fraction of sp³-hybridized carbons (Fsp3) is 0.375. The summed E-state index contributed by atoms with van der Waals surface area (Å²) in [6.45, 7) is 4.62. The van der Waals surface area contributed by atoms with E-state index in [0.717, 1.165) is 31.4 Å². The first-order chi connectivity index (χ1) is 15.0. The Morgan fingerprint density at radius 2 is 2.00 bits per heavy atom. The lowest BCUT2D eigenvalue weighted by molar-refractivity contribution is -0.124. The molecule has 0 bridgehead atoms. The fourth-order valence-electron chi connectivity index (χ4n) is 4.08. The summed E-state index contributed by atoms with van der Waals surface area (Å²) in [6, 6.07) is 13.2. The molecule has 1 aliphatic rings. The van der Waals surface area contributed by atoms with Gasteiger partial charge in [-0.15, -0.1) is 11.3 Å². The summed E-state index contributed by atoms with van der Waals surface area (Å²) in [7, 11) is 0. The minimum absolute atomic E-state index is 0.0206. The lowest BCUT2D eigenvalue weighted by atomic mass is 9.92. The van der Waals surface area contributed by atoms with Gasteiger partial charge in [0.2, 0.25) is 5.91 Å². The number of carbonyl (C=O) groups is 2. The van der Waals surface area contributed by atoms with Gasteiger partial charge in [-0.25, -0.2) is 0 Å². The summed E-state index contributed by atoms with van der Waals surface area (Å²) in [5.74, 6) is -0.370. The SMILES string of the molecule is CC(C)C(NC(=O)c1cccs1)C(=O)NC1CCCc2c1cnn2Cc1ccccc1. The van der Waals surface area contributed by atoms with Gasteiger partial charge in [0, 0.05) is 11.3 Å². The maximum Gasteiger partial charge on any atom is 0.262 e. The summed E-state index contributed by atoms with van der Waals surface area (Å²) in [4.78, 5) is 26.2. The van der Waals surface area contributed by atoms with Gasteiger partial charge in [-0.1, -0.05) is 50.2 Å². The van der Waals surface area contributed by atoms with E-state index in [1.807, 2.05) is 54.4 Å². The Kier molecular flexibility index (Phi) is 6.51. The van der Waals surface area contributed by atoms with Crippen LogP contribution in [-0.4, -0.2) is 27.6 Å². The maximum atomic E-state index is 13.1. The standard InChI is InChI=1S/C24H28N4O2S/c1-16(2)22(27-23(29)21-12-7-13-31-21)24(30)26-19-10-6-11-20-18(19)14-25-28(20)15-17-8-4-3-5-9-17/h3-5,7-9,12-14,16,19,22H,6,10-11,15H2,1-2H3,(H,26,30)(H,27,29). The molecule has 0 saturated carbocycles. The number of thiophene rings is 1. The largest absolute Gasteiger partial charge is 0.347 e. The highest BCUT2D eigenvalue weighted by Gasteiger charge is 2.30. The zero-order valence-electron chi connectivity index (χ0n) is 17.9. The first-order valence-corrected chi connectivity index (χ1v) is 11.6. The molecule has 2 heterocycles. The van der Waals surface area contributed by atoms with Crippen LogP contribution in [-0.2, 0) is 17.8 Å². The molecule has 2 atom stereocenters. The van der Waals surface area contributed by atoms with Crippen LogP contribution in [0.25, 0.3) is 0 Å². The van der Waals surface area contributed by atoms with Gasteiger partial charge in [0.15, 0.2) is 0 Å². The van der Waals surface area contributed by atoms with Crippen LogP contribution in [0.15, 0.2) is 54.0 Å². The second-order valence-corrected chi connectivity index (χ2v) is 9.26. The van der Waals surface area contributed by atoms with E-state index < -0.39 is 6.04 Å². The van der Waals surface area contributed by atoms with E-state index in [9.17, 15) is 9.59 Å². The van der Waals surface area contributed by atoms with Crippen molar-refractivity contribution in [2.24, 2.45) is 5.92 Å². The Balaban J connectivity index is 1.46. The smallest absolute Gasteiger partial charge is 0.262 e. The third kappa shape index (κ3) is 4.88. The molecular weight excluding hydrogens is 408 g/mol. The van der Waals surface area contributed by atoms with Crippen molar-refractivity contribution >= 4 is 23.2 Å². The summed E-state index contributed by atoms with van der Waals surface area (Å²) < 4.78 is 2.04. The predicted octanol–water partition coefficient (Wildman–Crippen LogP) is 3.94. The Bertz CT molecular complexity index is 1030. The number of fused-ring (bicyclic) bond motifs is 1. The van der Waals surface area contributed by atoms with Crippen molar-refractivity contribution < 1.29 is 9.59 Å². The van der Waals surface area contributed by atoms with E-state index in [1.54, 1.807) is 6.07 Å². The Morgan fingerprint density at radius 1 is 1.19 bits per heavy atom. The van der Waals surface area contributed by atoms with Crippen molar-refractivity contribution in [3.05, 3.63) is 75.7 Å². The van der Waals surface area contributed by atoms with Crippen molar-refractivity contribution in [1.29, 1.82) is 0 Å². The Morgan fingerprint density at radius 3 is 2.71 bits per heavy atom. The van der Waals surface area contributed by atoms with Gasteiger partial charge in [0.1, 0.15) is 6.04 Å². The van der Waals surface area contributed by atoms with Crippen LogP contribution in [0.2, 0.25) is 0 Å². The van der Waals surface area contributed by atoms with E-state index in [2.05, 4.69) is 27.9 Å². The van der Waals surface area contributed by atoms with Crippen LogP contribution >= 0.6 is 11.3 Å². The van der Waals surface area contributed by atoms with E-state index in [-0.39, 0.29) is 23.8 Å². The molecule has 0 spiro atoms. The van der Waals surface area contributed by atoms with Crippen molar-refractivity contribution in [2.75, 3.05) is 0 Å². The quantitative estimate of drug-likeness (QED) is 0.589. The van der Waals surface area contributed by atoms with E-state index >= 15 is 0 Å². The molecule has 0 fully saturated rings. The van der Waals surface area contributed by atoms with Gasteiger partial charge in [0.05, 0.1) is 23.7 Å². The summed E-state index contributed by atoms with van der Waals surface area (Å²) >= 11 is 1.37. The molecule has 2 N–H and O–H groups in total. The van der Waals surface area contributed by atoms with Gasteiger partial charge < -0.3 is 10.6 Å². The maximum absolute atomic E-state index is 13.1. The minimum Gasteiger partial charge on any atom is -0.347 e. The summed E-state index contributed by atoms with van der Waals surface area (Å²) in [5.41, 5.74) is 3.47. The summed E-state index contributed by atoms with van der Waals surface area (Å²) in [6.07, 6.45) is 4.71. The Hall–Kier alpha value is -2.93. The van der Waals surface area contributed by atoms with Crippen LogP contribution in [0.1, 0.15) is 59.2 Å². The molecule has 162 valence electrons. The number of hydrogen-bond acceptors (Lipinski definition) is 4. The molecular formula is C24H28N4O2S. The van der Waals surface area contributed by atoms with Crippen LogP contribution in [0.3, 0.4) is 0 Å². The molecule has 2 amide bonds. The van der Waals surface area contributed by atoms with Crippen molar-refractivity contribution in [3.63, 3.8) is 0 Å². The minimum atomic E-state index is -0.584. The van der Waals surface area contributed by atoms with Crippen LogP contribution in [0, 0.1) is 5.92 Å². The number of nitrogens with one attached hydrogen (secondary N) is 2. The van der Waals surface area contributed by atoms with Gasteiger partial charge in [0.25, 0.3) is 5.91 Å². The molecule has 0 aliphatic heterocycles. The van der Waals surface area contributed by atoms with Crippen LogP contribution < -0.4 is 10.6 Å². The highest BCUT2D eigenvalue weighted by Crippen LogP contribution is 2.30. The molecule has 0 radical (unpaired) electrons. The molecule has 1 aliphatic carbocycles. The number of benzene rings is 1. The topological polar surface area (TPSA) is 76.0 Å². The fourth-order valence-corrected chi connectivity index (χ4v) is 4.70. The molecule has 2 unspecified atom stereocenters. The van der Waals surface area contributed by atoms with E-state index in [0.29, 0.717) is 4.88 Å². The van der Waals surface area contributed by atoms with Gasteiger partial charge >= 0.3 is 0 Å². The molecule has 31 heavy (non-hydrogen) atoms. The molecule has 0 saturated heterocycles. The van der Waals surface area contributed by atoms with Gasteiger partial charge in [-0.05, 0) is 42.2 Å². The number of aromatic nitrogens is 2. The van der Waals surface area contributed by atoms with Gasteiger partial charge in [-0.2, -0.15) is 5.10 Å². The lowest BCUT2D eigenvalue weighted by Gasteiger charge is -2.28. The monoisotopic (exact) mass is 436 g/mol. The normalized spacial score (nSPS) is 16.5. The molecule has 7 heteroatoms. The summed E-state index contributed by atoms with van der Waals surface area (Å²) in [5, 5.41) is 12.6. The zero-order valence-corrected chi connectivity index (χ0v) is 18.7. The van der Waals surface area contributed by atoms with E-state index in [4.69, 9.17) is 0 Å². The number of carbonyl (C=O) groups excluding carboxylic acids is 2. The molecule has 4 rings (SSSR count). The zero-order chi connectivity index (χ0) is 21.8. The molecule has 2 aromatic heterocycles. The number of hydrogen-bond donors (Lipinski definition) is 2. The second-order valence-electron chi connectivity index (χ2n) is 8.32. The number of amides is 2. The second kappa shape index (κ2) is 9.47. The number of nitrogens with zero attached hydrogens (tertiary/aromatic N) is 2. The van der Waals surface area contributed by atoms with Crippen molar-refractivity contribution in [1.82, 2.24) is 20.4 Å². The third-order valence-corrected chi connectivity index (χ3v) is 6.60. The Labute approximate surface area is 186 Å². The van der Waals surface area contributed by atoms with Crippen LogP contribution in [0.5, 0.6) is 0 Å².